The van der Waals surface area contributed by atoms with Gasteiger partial charge in [-0.2, -0.15) is 0 Å². The molecule has 1 aromatic carbocycles. The van der Waals surface area contributed by atoms with Crippen LogP contribution in [-0.2, 0) is 5.41 Å². The fraction of sp³-hybridized carbons (Fsp3) is 0.381. The van der Waals surface area contributed by atoms with E-state index in [2.05, 4.69) is 68.4 Å². The van der Waals surface area contributed by atoms with E-state index in [1.807, 2.05) is 6.08 Å². The van der Waals surface area contributed by atoms with Crippen molar-refractivity contribution in [1.29, 1.82) is 0 Å². The van der Waals surface area contributed by atoms with Gasteiger partial charge in [-0.25, -0.2) is 0 Å². The first kappa shape index (κ1) is 15.7. The Labute approximate surface area is 148 Å². The Kier molecular flexibility index (Phi) is 3.18. The SMILES string of the molecule is C=CC1(C)C(N=C)=C2c3c[nH]c4cccc(c34)C(C)(C)C2CC1Cl. The lowest BCUT2D eigenvalue weighted by molar-refractivity contribution is 0.303. The van der Waals surface area contributed by atoms with Crippen LogP contribution in [0.3, 0.4) is 0 Å². The zero-order valence-electron chi connectivity index (χ0n) is 14.5. The summed E-state index contributed by atoms with van der Waals surface area (Å²) in [6.07, 6.45) is 4.97. The molecule has 0 saturated heterocycles. The minimum Gasteiger partial charge on any atom is -0.361 e. The van der Waals surface area contributed by atoms with E-state index in [0.717, 1.165) is 12.1 Å². The molecular formula is C21H23ClN2. The minimum absolute atomic E-state index is 0.00435. The Morgan fingerprint density at radius 1 is 1.33 bits per heavy atom. The molecule has 2 aliphatic rings. The molecule has 0 fully saturated rings. The highest BCUT2D eigenvalue weighted by molar-refractivity contribution is 6.22. The third kappa shape index (κ3) is 1.70. The first-order chi connectivity index (χ1) is 11.4. The Morgan fingerprint density at radius 3 is 2.75 bits per heavy atom. The van der Waals surface area contributed by atoms with Crippen molar-refractivity contribution < 1.29 is 0 Å². The molecule has 1 N–H and O–H groups in total. The zero-order chi connectivity index (χ0) is 17.3. The average Bonchev–Trinajstić information content (AvgIpc) is 2.99. The number of benzene rings is 1. The van der Waals surface area contributed by atoms with Crippen molar-refractivity contribution in [3.05, 3.63) is 53.9 Å². The van der Waals surface area contributed by atoms with E-state index in [1.165, 1.54) is 27.6 Å². The van der Waals surface area contributed by atoms with Crippen molar-refractivity contribution in [2.45, 2.75) is 38.0 Å². The van der Waals surface area contributed by atoms with Crippen molar-refractivity contribution in [3.8, 4) is 0 Å². The van der Waals surface area contributed by atoms with Gasteiger partial charge >= 0.3 is 0 Å². The fourth-order valence-corrected chi connectivity index (χ4v) is 5.12. The lowest BCUT2D eigenvalue weighted by Crippen LogP contribution is -2.43. The molecule has 0 spiro atoms. The van der Waals surface area contributed by atoms with Gasteiger partial charge in [0.2, 0.25) is 0 Å². The molecule has 3 heteroatoms. The number of aromatic amines is 1. The molecule has 2 aliphatic carbocycles. The summed E-state index contributed by atoms with van der Waals surface area (Å²) in [7, 11) is 0. The van der Waals surface area contributed by atoms with Crippen LogP contribution in [0, 0.1) is 11.3 Å². The van der Waals surface area contributed by atoms with Crippen LogP contribution in [0.2, 0.25) is 0 Å². The number of aromatic nitrogens is 1. The van der Waals surface area contributed by atoms with E-state index in [1.54, 1.807) is 0 Å². The summed E-state index contributed by atoms with van der Waals surface area (Å²) in [5, 5.41) is 1.28. The maximum absolute atomic E-state index is 6.85. The second-order valence-corrected chi connectivity index (χ2v) is 8.34. The van der Waals surface area contributed by atoms with Gasteiger partial charge in [0.1, 0.15) is 0 Å². The molecule has 0 radical (unpaired) electrons. The largest absolute Gasteiger partial charge is 0.361 e. The van der Waals surface area contributed by atoms with Gasteiger partial charge in [0.15, 0.2) is 0 Å². The first-order valence-corrected chi connectivity index (χ1v) is 8.90. The molecule has 0 bridgehead atoms. The number of allylic oxidation sites excluding steroid dienone is 2. The molecule has 0 amide bonds. The summed E-state index contributed by atoms with van der Waals surface area (Å²) in [6.45, 7) is 14.7. The summed E-state index contributed by atoms with van der Waals surface area (Å²) in [5.74, 6) is 0.322. The molecule has 2 aromatic rings. The van der Waals surface area contributed by atoms with Gasteiger partial charge in [0.05, 0.1) is 5.70 Å². The zero-order valence-corrected chi connectivity index (χ0v) is 15.2. The summed E-state index contributed by atoms with van der Waals surface area (Å²) in [6, 6.07) is 6.53. The van der Waals surface area contributed by atoms with Gasteiger partial charge in [-0.05, 0) is 48.6 Å². The molecule has 0 saturated carbocycles. The summed E-state index contributed by atoms with van der Waals surface area (Å²) >= 11 is 6.85. The van der Waals surface area contributed by atoms with Crippen LogP contribution in [-0.4, -0.2) is 17.1 Å². The van der Waals surface area contributed by atoms with E-state index in [4.69, 9.17) is 11.6 Å². The lowest BCUT2D eigenvalue weighted by atomic mass is 9.56. The van der Waals surface area contributed by atoms with Crippen molar-refractivity contribution in [3.63, 3.8) is 0 Å². The van der Waals surface area contributed by atoms with Gasteiger partial charge in [-0.1, -0.05) is 32.1 Å². The first-order valence-electron chi connectivity index (χ1n) is 8.46. The topological polar surface area (TPSA) is 28.1 Å². The number of rotatable bonds is 2. The van der Waals surface area contributed by atoms with Crippen LogP contribution in [0.25, 0.3) is 16.5 Å². The fourth-order valence-electron chi connectivity index (χ4n) is 4.75. The predicted molar refractivity (Wildman–Crippen MR) is 104 cm³/mol. The highest BCUT2D eigenvalue weighted by Gasteiger charge is 2.50. The third-order valence-corrected chi connectivity index (χ3v) is 6.98. The van der Waals surface area contributed by atoms with Crippen molar-refractivity contribution in [2.75, 3.05) is 0 Å². The van der Waals surface area contributed by atoms with Crippen molar-refractivity contribution in [2.24, 2.45) is 16.3 Å². The van der Waals surface area contributed by atoms with Crippen LogP contribution in [0.15, 0.2) is 47.7 Å². The third-order valence-electron chi connectivity index (χ3n) is 6.35. The number of nitrogens with one attached hydrogen (secondary N) is 1. The number of halogens is 1. The van der Waals surface area contributed by atoms with Crippen LogP contribution >= 0.6 is 11.6 Å². The quantitative estimate of drug-likeness (QED) is 0.414. The number of alkyl halides is 1. The molecule has 24 heavy (non-hydrogen) atoms. The maximum Gasteiger partial charge on any atom is 0.0549 e. The van der Waals surface area contributed by atoms with E-state index >= 15 is 0 Å². The number of nitrogens with zero attached hydrogens (tertiary/aromatic N) is 1. The van der Waals surface area contributed by atoms with Crippen LogP contribution in [0.4, 0.5) is 0 Å². The average molecular weight is 339 g/mol. The summed E-state index contributed by atoms with van der Waals surface area (Å²) in [5.41, 5.74) is 5.73. The van der Waals surface area contributed by atoms with E-state index in [-0.39, 0.29) is 16.2 Å². The molecule has 0 aliphatic heterocycles. The molecule has 3 unspecified atom stereocenters. The van der Waals surface area contributed by atoms with Gasteiger partial charge in [0, 0.05) is 33.5 Å². The predicted octanol–water partition coefficient (Wildman–Crippen LogP) is 5.69. The Hall–Kier alpha value is -1.80. The van der Waals surface area contributed by atoms with Crippen molar-refractivity contribution >= 4 is 34.8 Å². The number of H-pyrrole nitrogens is 1. The van der Waals surface area contributed by atoms with Crippen molar-refractivity contribution in [1.82, 2.24) is 4.98 Å². The Balaban J connectivity index is 2.17. The van der Waals surface area contributed by atoms with E-state index in [0.29, 0.717) is 5.92 Å². The van der Waals surface area contributed by atoms with E-state index < -0.39 is 0 Å². The Bertz CT molecular complexity index is 902. The molecule has 3 atom stereocenters. The van der Waals surface area contributed by atoms with Crippen LogP contribution in [0.1, 0.15) is 38.3 Å². The molecule has 124 valence electrons. The maximum atomic E-state index is 6.85. The molecule has 1 aromatic heterocycles. The lowest BCUT2D eigenvalue weighted by Gasteiger charge is -2.49. The van der Waals surface area contributed by atoms with Crippen LogP contribution < -0.4 is 0 Å². The van der Waals surface area contributed by atoms with Gasteiger partial charge in [-0.3, -0.25) is 4.99 Å². The standard InChI is InChI=1S/C21H23ClN2/c1-6-21(4)16(22)10-14-18(19(21)23-5)12-11-24-15-9-7-8-13(17(12)15)20(14,2)3/h6-9,11,14,16,24H,1,5,10H2,2-4H3. The number of fused-ring (bicyclic) bond motifs is 2. The molecular weight excluding hydrogens is 316 g/mol. The summed E-state index contributed by atoms with van der Waals surface area (Å²) < 4.78 is 0. The number of aliphatic imine (C=N–C) groups is 1. The van der Waals surface area contributed by atoms with Gasteiger partial charge in [-0.15, -0.1) is 18.2 Å². The van der Waals surface area contributed by atoms with E-state index in [9.17, 15) is 0 Å². The second-order valence-electron chi connectivity index (χ2n) is 7.82. The monoisotopic (exact) mass is 338 g/mol. The van der Waals surface area contributed by atoms with Gasteiger partial charge in [0.25, 0.3) is 0 Å². The smallest absolute Gasteiger partial charge is 0.0549 e. The molecule has 1 heterocycles. The number of hydrogen-bond acceptors (Lipinski definition) is 1. The van der Waals surface area contributed by atoms with Crippen LogP contribution in [0.5, 0.6) is 0 Å². The minimum atomic E-state index is -0.360. The second kappa shape index (κ2) is 4.86. The normalized spacial score (nSPS) is 31.0. The molecule has 4 rings (SSSR count). The van der Waals surface area contributed by atoms with Gasteiger partial charge < -0.3 is 4.98 Å². The number of hydrogen-bond donors (Lipinski definition) is 1. The highest BCUT2D eigenvalue weighted by Crippen LogP contribution is 2.59. The Morgan fingerprint density at radius 2 is 2.08 bits per heavy atom. The summed E-state index contributed by atoms with van der Waals surface area (Å²) in [4.78, 5) is 7.91. The highest BCUT2D eigenvalue weighted by atomic mass is 35.5. The molecule has 2 nitrogen and oxygen atoms in total.